The lowest BCUT2D eigenvalue weighted by atomic mass is 10.2. The van der Waals surface area contributed by atoms with Gasteiger partial charge in [-0.25, -0.2) is 0 Å². The second-order valence-electron chi connectivity index (χ2n) is 5.05. The summed E-state index contributed by atoms with van der Waals surface area (Å²) in [6.45, 7) is 9.72. The number of rotatable bonds is 11. The molecular formula is C15H24N2OS4. The molecule has 1 unspecified atom stereocenters. The van der Waals surface area contributed by atoms with Crippen LogP contribution in [0.3, 0.4) is 0 Å². The average Bonchev–Trinajstić information content (AvgIpc) is 2.92. The van der Waals surface area contributed by atoms with Crippen LogP contribution in [0.2, 0.25) is 0 Å². The molecule has 1 atom stereocenters. The predicted octanol–water partition coefficient (Wildman–Crippen LogP) is 5.53. The van der Waals surface area contributed by atoms with Crippen molar-refractivity contribution in [2.24, 2.45) is 0 Å². The number of aromatic nitrogens is 2. The molecule has 22 heavy (non-hydrogen) atoms. The fraction of sp³-hybridized carbons (Fsp3) is 0.667. The number of carbonyl (C=O) groups is 1. The SMILES string of the molecule is C=C(C)C(=O)SC(C)CSc1nnc(SCCCCCC)s1. The molecule has 0 bridgehead atoms. The van der Waals surface area contributed by atoms with E-state index in [4.69, 9.17) is 0 Å². The Labute approximate surface area is 150 Å². The quantitative estimate of drug-likeness (QED) is 0.287. The van der Waals surface area contributed by atoms with Crippen molar-refractivity contribution in [2.45, 2.75) is 60.4 Å². The zero-order valence-corrected chi connectivity index (χ0v) is 16.7. The van der Waals surface area contributed by atoms with E-state index in [-0.39, 0.29) is 10.4 Å². The van der Waals surface area contributed by atoms with E-state index >= 15 is 0 Å². The second-order valence-corrected chi connectivity index (χ2v) is 10.0. The standard InChI is InChI=1S/C15H24N2OS4/c1-5-6-7-8-9-19-14-16-17-15(22-14)20-10-12(4)21-13(18)11(2)3/h12H,2,5-10H2,1,3-4H3. The van der Waals surface area contributed by atoms with E-state index in [1.54, 1.807) is 41.8 Å². The van der Waals surface area contributed by atoms with Crippen LogP contribution in [-0.4, -0.2) is 32.1 Å². The van der Waals surface area contributed by atoms with Crippen molar-refractivity contribution >= 4 is 51.7 Å². The molecule has 1 aromatic heterocycles. The molecule has 7 heteroatoms. The minimum absolute atomic E-state index is 0.0775. The van der Waals surface area contributed by atoms with Crippen molar-refractivity contribution in [1.82, 2.24) is 10.2 Å². The summed E-state index contributed by atoms with van der Waals surface area (Å²) in [5.74, 6) is 1.98. The molecule has 124 valence electrons. The first-order valence-electron chi connectivity index (χ1n) is 7.48. The summed E-state index contributed by atoms with van der Waals surface area (Å²) < 4.78 is 2.04. The number of carbonyl (C=O) groups excluding carboxylic acids is 1. The molecule has 1 aromatic rings. The zero-order chi connectivity index (χ0) is 16.4. The Hall–Kier alpha value is 0.0200. The van der Waals surface area contributed by atoms with Crippen LogP contribution in [0.25, 0.3) is 0 Å². The molecule has 1 rings (SSSR count). The molecule has 0 aliphatic rings. The first kappa shape index (κ1) is 20.1. The number of hydrogen-bond acceptors (Lipinski definition) is 7. The van der Waals surface area contributed by atoms with E-state index < -0.39 is 0 Å². The lowest BCUT2D eigenvalue weighted by Gasteiger charge is -2.07. The summed E-state index contributed by atoms with van der Waals surface area (Å²) in [6, 6.07) is 0. The van der Waals surface area contributed by atoms with Gasteiger partial charge >= 0.3 is 0 Å². The Morgan fingerprint density at radius 1 is 1.23 bits per heavy atom. The normalized spacial score (nSPS) is 12.3. The van der Waals surface area contributed by atoms with Crippen molar-refractivity contribution in [3.8, 4) is 0 Å². The molecule has 0 saturated heterocycles. The minimum Gasteiger partial charge on any atom is -0.282 e. The molecule has 1 heterocycles. The van der Waals surface area contributed by atoms with Crippen molar-refractivity contribution in [3.63, 3.8) is 0 Å². The fourth-order valence-corrected chi connectivity index (χ4v) is 5.52. The Morgan fingerprint density at radius 2 is 1.91 bits per heavy atom. The number of thioether (sulfide) groups is 3. The van der Waals surface area contributed by atoms with E-state index in [2.05, 4.69) is 30.6 Å². The topological polar surface area (TPSA) is 42.9 Å². The first-order chi connectivity index (χ1) is 10.5. The van der Waals surface area contributed by atoms with Gasteiger partial charge in [-0.3, -0.25) is 4.79 Å². The van der Waals surface area contributed by atoms with Crippen LogP contribution in [0.15, 0.2) is 20.8 Å². The lowest BCUT2D eigenvalue weighted by molar-refractivity contribution is -0.107. The van der Waals surface area contributed by atoms with Gasteiger partial charge in [0, 0.05) is 16.8 Å². The molecule has 0 aromatic carbocycles. The number of unbranched alkanes of at least 4 members (excludes halogenated alkanes) is 3. The van der Waals surface area contributed by atoms with Crippen LogP contribution in [0.5, 0.6) is 0 Å². The highest BCUT2D eigenvalue weighted by molar-refractivity contribution is 8.15. The number of nitrogens with zero attached hydrogens (tertiary/aromatic N) is 2. The lowest BCUT2D eigenvalue weighted by Crippen LogP contribution is -2.05. The Morgan fingerprint density at radius 3 is 2.55 bits per heavy atom. The molecule has 0 saturated carbocycles. The molecule has 3 nitrogen and oxygen atoms in total. The van der Waals surface area contributed by atoms with Gasteiger partial charge in [0.05, 0.1) is 0 Å². The summed E-state index contributed by atoms with van der Waals surface area (Å²) in [7, 11) is 0. The van der Waals surface area contributed by atoms with E-state index in [9.17, 15) is 4.79 Å². The van der Waals surface area contributed by atoms with Crippen molar-refractivity contribution < 1.29 is 4.79 Å². The van der Waals surface area contributed by atoms with Crippen molar-refractivity contribution in [3.05, 3.63) is 12.2 Å². The highest BCUT2D eigenvalue weighted by Crippen LogP contribution is 2.31. The van der Waals surface area contributed by atoms with Gasteiger partial charge in [0.25, 0.3) is 0 Å². The van der Waals surface area contributed by atoms with Crippen molar-refractivity contribution in [2.75, 3.05) is 11.5 Å². The summed E-state index contributed by atoms with van der Waals surface area (Å²) in [4.78, 5) is 11.6. The average molecular weight is 377 g/mol. The first-order valence-corrected chi connectivity index (χ1v) is 11.1. The highest BCUT2D eigenvalue weighted by atomic mass is 32.2. The van der Waals surface area contributed by atoms with Gasteiger partial charge in [0.1, 0.15) is 0 Å². The molecule has 0 fully saturated rings. The van der Waals surface area contributed by atoms with E-state index in [0.29, 0.717) is 5.57 Å². The van der Waals surface area contributed by atoms with Gasteiger partial charge < -0.3 is 0 Å². The predicted molar refractivity (Wildman–Crippen MR) is 102 cm³/mol. The maximum absolute atomic E-state index is 11.6. The van der Waals surface area contributed by atoms with Crippen LogP contribution in [0, 0.1) is 0 Å². The van der Waals surface area contributed by atoms with Gasteiger partial charge in [0.2, 0.25) is 5.12 Å². The van der Waals surface area contributed by atoms with Gasteiger partial charge in [-0.1, -0.05) is 86.3 Å². The summed E-state index contributed by atoms with van der Waals surface area (Å²) in [5.41, 5.74) is 0.611. The van der Waals surface area contributed by atoms with Gasteiger partial charge in [-0.05, 0) is 18.9 Å². The largest absolute Gasteiger partial charge is 0.282 e. The van der Waals surface area contributed by atoms with Gasteiger partial charge in [-0.15, -0.1) is 10.2 Å². The van der Waals surface area contributed by atoms with Crippen LogP contribution in [-0.2, 0) is 4.79 Å². The summed E-state index contributed by atoms with van der Waals surface area (Å²) >= 11 is 6.48. The van der Waals surface area contributed by atoms with Gasteiger partial charge in [0.15, 0.2) is 8.68 Å². The second kappa shape index (κ2) is 11.5. The van der Waals surface area contributed by atoms with Gasteiger partial charge in [-0.2, -0.15) is 0 Å². The van der Waals surface area contributed by atoms with Crippen LogP contribution in [0.4, 0.5) is 0 Å². The summed E-state index contributed by atoms with van der Waals surface area (Å²) in [5, 5.41) is 8.77. The molecule has 0 amide bonds. The van der Waals surface area contributed by atoms with E-state index in [1.165, 1.54) is 37.4 Å². The molecule has 0 aliphatic heterocycles. The maximum atomic E-state index is 11.6. The van der Waals surface area contributed by atoms with Crippen LogP contribution < -0.4 is 0 Å². The smallest absolute Gasteiger partial charge is 0.214 e. The molecule has 0 aliphatic carbocycles. The fourth-order valence-electron chi connectivity index (χ4n) is 1.51. The third kappa shape index (κ3) is 8.60. The molecule has 0 spiro atoms. The van der Waals surface area contributed by atoms with Crippen molar-refractivity contribution in [1.29, 1.82) is 0 Å². The third-order valence-electron chi connectivity index (χ3n) is 2.71. The molecule has 0 N–H and O–H groups in total. The maximum Gasteiger partial charge on any atom is 0.214 e. The Kier molecular flexibility index (Phi) is 10.5. The third-order valence-corrected chi connectivity index (χ3v) is 7.59. The molecule has 0 radical (unpaired) electrons. The monoisotopic (exact) mass is 376 g/mol. The van der Waals surface area contributed by atoms with Crippen LogP contribution >= 0.6 is 46.6 Å². The van der Waals surface area contributed by atoms with E-state index in [1.807, 2.05) is 0 Å². The van der Waals surface area contributed by atoms with E-state index in [0.717, 1.165) is 20.2 Å². The Balaban J connectivity index is 2.24. The number of hydrogen-bond donors (Lipinski definition) is 0. The zero-order valence-electron chi connectivity index (χ0n) is 13.5. The summed E-state index contributed by atoms with van der Waals surface area (Å²) in [6.07, 6.45) is 5.14. The Bertz CT molecular complexity index is 476. The minimum atomic E-state index is 0.0775. The highest BCUT2D eigenvalue weighted by Gasteiger charge is 2.13. The molecular weight excluding hydrogens is 352 g/mol. The van der Waals surface area contributed by atoms with Crippen LogP contribution in [0.1, 0.15) is 46.5 Å².